The Morgan fingerprint density at radius 3 is 2.64 bits per heavy atom. The third-order valence-electron chi connectivity index (χ3n) is 3.55. The molecule has 2 rings (SSSR count). The van der Waals surface area contributed by atoms with Crippen LogP contribution in [0.15, 0.2) is 29.6 Å². The number of aryl methyl sites for hydroxylation is 1. The number of carbonyl (C=O) groups excluding carboxylic acids is 2. The summed E-state index contributed by atoms with van der Waals surface area (Å²) < 4.78 is 5.21. The summed E-state index contributed by atoms with van der Waals surface area (Å²) in [4.78, 5) is 28.0. The second-order valence-electron chi connectivity index (χ2n) is 6.42. The summed E-state index contributed by atoms with van der Waals surface area (Å²) in [6.07, 6.45) is 1.45. The number of hydrogen-bond acceptors (Lipinski definition) is 5. The fourth-order valence-electron chi connectivity index (χ4n) is 2.11. The smallest absolute Gasteiger partial charge is 0.306 e. The van der Waals surface area contributed by atoms with Gasteiger partial charge < -0.3 is 10.1 Å². The minimum atomic E-state index is -0.208. The molecule has 0 atom stereocenters. The van der Waals surface area contributed by atoms with E-state index in [9.17, 15) is 9.59 Å². The number of aromatic nitrogens is 1. The van der Waals surface area contributed by atoms with Crippen LogP contribution < -0.4 is 5.32 Å². The van der Waals surface area contributed by atoms with Crippen molar-refractivity contribution in [3.8, 4) is 0 Å². The number of hydrogen-bond donors (Lipinski definition) is 1. The molecule has 134 valence electrons. The Kier molecular flexibility index (Phi) is 7.13. The van der Waals surface area contributed by atoms with E-state index in [1.807, 2.05) is 36.6 Å². The van der Waals surface area contributed by atoms with Gasteiger partial charge in [0.1, 0.15) is 11.6 Å². The molecule has 1 aromatic carbocycles. The molecule has 2 aromatic rings. The molecule has 1 heterocycles. The van der Waals surface area contributed by atoms with Gasteiger partial charge in [-0.2, -0.15) is 0 Å². The fraction of sp³-hybridized carbons (Fsp3) is 0.421. The largest absolute Gasteiger partial charge is 0.459 e. The van der Waals surface area contributed by atoms with Crippen LogP contribution in [-0.4, -0.2) is 16.9 Å². The quantitative estimate of drug-likeness (QED) is 0.719. The Balaban J connectivity index is 1.77. The van der Waals surface area contributed by atoms with E-state index < -0.39 is 0 Å². The molecular weight excluding hydrogens is 336 g/mol. The van der Waals surface area contributed by atoms with E-state index in [0.29, 0.717) is 23.0 Å². The Labute approximate surface area is 152 Å². The summed E-state index contributed by atoms with van der Waals surface area (Å²) in [5, 5.41) is 5.38. The molecule has 0 saturated heterocycles. The van der Waals surface area contributed by atoms with Crippen LogP contribution in [0.3, 0.4) is 0 Å². The molecule has 0 fully saturated rings. The predicted molar refractivity (Wildman–Crippen MR) is 99.5 cm³/mol. The van der Waals surface area contributed by atoms with Gasteiger partial charge in [0, 0.05) is 17.5 Å². The van der Waals surface area contributed by atoms with Crippen LogP contribution in [-0.2, 0) is 27.4 Å². The minimum absolute atomic E-state index is 0.112. The van der Waals surface area contributed by atoms with Gasteiger partial charge in [0.05, 0.1) is 12.1 Å². The standard InChI is InChI=1S/C19H24N2O3S/c1-13(2)4-9-19(23)24-11-16-12-25-18(21-16)10-17(22)20-15-7-5-14(3)6-8-15/h5-8,12-13H,4,9-11H2,1-3H3,(H,20,22). The SMILES string of the molecule is Cc1ccc(NC(=O)Cc2nc(COC(=O)CCC(C)C)cs2)cc1. The zero-order valence-electron chi connectivity index (χ0n) is 14.9. The average molecular weight is 360 g/mol. The summed E-state index contributed by atoms with van der Waals surface area (Å²) >= 11 is 1.40. The molecule has 0 spiro atoms. The highest BCUT2D eigenvalue weighted by Crippen LogP contribution is 2.14. The van der Waals surface area contributed by atoms with Crippen molar-refractivity contribution in [3.05, 3.63) is 45.9 Å². The summed E-state index contributed by atoms with van der Waals surface area (Å²) in [6, 6.07) is 7.64. The van der Waals surface area contributed by atoms with E-state index in [-0.39, 0.29) is 24.9 Å². The van der Waals surface area contributed by atoms with Crippen molar-refractivity contribution in [2.45, 2.75) is 46.6 Å². The number of carbonyl (C=O) groups is 2. The van der Waals surface area contributed by atoms with Crippen LogP contribution in [0.2, 0.25) is 0 Å². The van der Waals surface area contributed by atoms with Crippen LogP contribution in [0.1, 0.15) is 43.0 Å². The highest BCUT2D eigenvalue weighted by atomic mass is 32.1. The number of amides is 1. The normalized spacial score (nSPS) is 10.7. The van der Waals surface area contributed by atoms with Crippen molar-refractivity contribution in [3.63, 3.8) is 0 Å². The first kappa shape index (κ1) is 19.1. The monoisotopic (exact) mass is 360 g/mol. The molecule has 25 heavy (non-hydrogen) atoms. The van der Waals surface area contributed by atoms with Crippen LogP contribution in [0.25, 0.3) is 0 Å². The lowest BCUT2D eigenvalue weighted by Crippen LogP contribution is -2.14. The molecule has 6 heteroatoms. The van der Waals surface area contributed by atoms with Gasteiger partial charge >= 0.3 is 5.97 Å². The summed E-state index contributed by atoms with van der Waals surface area (Å²) in [7, 11) is 0. The second kappa shape index (κ2) is 9.32. The van der Waals surface area contributed by atoms with Gasteiger partial charge in [0.25, 0.3) is 0 Å². The van der Waals surface area contributed by atoms with E-state index in [1.54, 1.807) is 0 Å². The van der Waals surface area contributed by atoms with Gasteiger partial charge in [-0.05, 0) is 31.4 Å². The molecule has 0 unspecified atom stereocenters. The maximum Gasteiger partial charge on any atom is 0.306 e. The summed E-state index contributed by atoms with van der Waals surface area (Å²) in [5.41, 5.74) is 2.60. The van der Waals surface area contributed by atoms with Gasteiger partial charge in [-0.1, -0.05) is 31.5 Å². The van der Waals surface area contributed by atoms with E-state index in [1.165, 1.54) is 11.3 Å². The number of nitrogens with zero attached hydrogens (tertiary/aromatic N) is 1. The number of esters is 1. The van der Waals surface area contributed by atoms with E-state index in [0.717, 1.165) is 17.7 Å². The number of nitrogens with one attached hydrogen (secondary N) is 1. The van der Waals surface area contributed by atoms with Gasteiger partial charge in [0.2, 0.25) is 5.91 Å². The van der Waals surface area contributed by atoms with Gasteiger partial charge in [-0.25, -0.2) is 4.98 Å². The first-order chi connectivity index (χ1) is 11.9. The second-order valence-corrected chi connectivity index (χ2v) is 7.36. The van der Waals surface area contributed by atoms with Crippen molar-refractivity contribution >= 4 is 28.9 Å². The molecule has 0 bridgehead atoms. The number of anilines is 1. The zero-order valence-corrected chi connectivity index (χ0v) is 15.7. The zero-order chi connectivity index (χ0) is 18.2. The first-order valence-electron chi connectivity index (χ1n) is 8.38. The van der Waals surface area contributed by atoms with Crippen molar-refractivity contribution < 1.29 is 14.3 Å². The molecule has 1 aromatic heterocycles. The summed E-state index contributed by atoms with van der Waals surface area (Å²) in [6.45, 7) is 6.30. The van der Waals surface area contributed by atoms with Crippen molar-refractivity contribution in [1.82, 2.24) is 4.98 Å². The molecule has 0 radical (unpaired) electrons. The lowest BCUT2D eigenvalue weighted by Gasteiger charge is -2.05. The highest BCUT2D eigenvalue weighted by molar-refractivity contribution is 7.09. The van der Waals surface area contributed by atoms with Gasteiger partial charge in [0.15, 0.2) is 0 Å². The Morgan fingerprint density at radius 1 is 1.24 bits per heavy atom. The number of benzene rings is 1. The van der Waals surface area contributed by atoms with Crippen LogP contribution in [0, 0.1) is 12.8 Å². The number of ether oxygens (including phenoxy) is 1. The number of rotatable bonds is 8. The predicted octanol–water partition coefficient (Wildman–Crippen LogP) is 4.11. The molecule has 0 saturated carbocycles. The van der Waals surface area contributed by atoms with E-state index in [2.05, 4.69) is 24.1 Å². The first-order valence-corrected chi connectivity index (χ1v) is 9.25. The lowest BCUT2D eigenvalue weighted by atomic mass is 10.1. The molecule has 1 N–H and O–H groups in total. The molecule has 0 aliphatic carbocycles. The molecular formula is C19H24N2O3S. The van der Waals surface area contributed by atoms with Crippen molar-refractivity contribution in [2.24, 2.45) is 5.92 Å². The van der Waals surface area contributed by atoms with Crippen LogP contribution >= 0.6 is 11.3 Å². The molecule has 0 aliphatic rings. The Morgan fingerprint density at radius 2 is 1.96 bits per heavy atom. The van der Waals surface area contributed by atoms with E-state index >= 15 is 0 Å². The molecule has 5 nitrogen and oxygen atoms in total. The van der Waals surface area contributed by atoms with Gasteiger partial charge in [-0.3, -0.25) is 9.59 Å². The van der Waals surface area contributed by atoms with Crippen molar-refractivity contribution in [2.75, 3.05) is 5.32 Å². The lowest BCUT2D eigenvalue weighted by molar-refractivity contribution is -0.145. The molecule has 1 amide bonds. The maximum atomic E-state index is 12.1. The Bertz CT molecular complexity index is 708. The number of thiazole rings is 1. The van der Waals surface area contributed by atoms with Crippen molar-refractivity contribution in [1.29, 1.82) is 0 Å². The summed E-state index contributed by atoms with van der Waals surface area (Å²) in [5.74, 6) is 0.157. The molecule has 0 aliphatic heterocycles. The fourth-order valence-corrected chi connectivity index (χ4v) is 2.89. The minimum Gasteiger partial charge on any atom is -0.459 e. The topological polar surface area (TPSA) is 68.3 Å². The van der Waals surface area contributed by atoms with Crippen LogP contribution in [0.5, 0.6) is 0 Å². The van der Waals surface area contributed by atoms with Crippen LogP contribution in [0.4, 0.5) is 5.69 Å². The van der Waals surface area contributed by atoms with E-state index in [4.69, 9.17) is 4.74 Å². The van der Waals surface area contributed by atoms with Gasteiger partial charge in [-0.15, -0.1) is 11.3 Å². The third-order valence-corrected chi connectivity index (χ3v) is 4.45. The highest BCUT2D eigenvalue weighted by Gasteiger charge is 2.10. The Hall–Kier alpha value is -2.21. The maximum absolute atomic E-state index is 12.1. The third kappa shape index (κ3) is 7.05. The average Bonchev–Trinajstić information content (AvgIpc) is 3.00.